The number of fused-ring (bicyclic) bond motifs is 1. The number of aromatic nitrogens is 2. The molecule has 280 valence electrons. The third kappa shape index (κ3) is 8.89. The molecule has 1 atom stereocenters. The zero-order chi connectivity index (χ0) is 37.3. The average molecular weight is 727 g/mol. The number of ether oxygens (including phenoxy) is 4. The summed E-state index contributed by atoms with van der Waals surface area (Å²) in [5.41, 5.74) is 3.06. The number of carbonyl (C=O) groups excluding carboxylic acids is 2. The van der Waals surface area contributed by atoms with Gasteiger partial charge in [0, 0.05) is 37.5 Å². The Kier molecular flexibility index (Phi) is 12.4. The van der Waals surface area contributed by atoms with Crippen molar-refractivity contribution in [3.05, 3.63) is 108 Å². The molecule has 1 saturated heterocycles. The number of methoxy groups -OCH3 is 3. The van der Waals surface area contributed by atoms with Crippen molar-refractivity contribution in [2.24, 2.45) is 5.92 Å². The molecule has 1 aliphatic heterocycles. The Bertz CT molecular complexity index is 1950. The molecule has 11 nitrogen and oxygen atoms in total. The summed E-state index contributed by atoms with van der Waals surface area (Å²) < 4.78 is 43.5. The minimum Gasteiger partial charge on any atom is -0.493 e. The maximum atomic E-state index is 14.0. The van der Waals surface area contributed by atoms with Crippen molar-refractivity contribution < 1.29 is 37.3 Å². The molecular formula is C41H47FN4O7. The summed E-state index contributed by atoms with van der Waals surface area (Å²) in [6.45, 7) is 3.99. The summed E-state index contributed by atoms with van der Waals surface area (Å²) in [5, 5.41) is 0. The lowest BCUT2D eigenvalue weighted by atomic mass is 9.90. The predicted octanol–water partition coefficient (Wildman–Crippen LogP) is 6.85. The number of imidazole rings is 1. The van der Waals surface area contributed by atoms with Gasteiger partial charge in [-0.15, -0.1) is 0 Å². The number of hydrogen-bond acceptors (Lipinski definition) is 9. The molecule has 0 bridgehead atoms. The van der Waals surface area contributed by atoms with Crippen LogP contribution in [0.4, 0.5) is 4.39 Å². The molecule has 0 saturated carbocycles. The maximum Gasteiger partial charge on any atom is 0.253 e. The summed E-state index contributed by atoms with van der Waals surface area (Å²) in [5.74, 6) is 1.79. The number of rotatable bonds is 17. The van der Waals surface area contributed by atoms with Gasteiger partial charge in [-0.05, 0) is 93.0 Å². The minimum absolute atomic E-state index is 0.0548. The van der Waals surface area contributed by atoms with Crippen LogP contribution in [-0.4, -0.2) is 92.2 Å². The van der Waals surface area contributed by atoms with Crippen LogP contribution in [0.15, 0.2) is 83.5 Å². The van der Waals surface area contributed by atoms with Crippen LogP contribution in [0.2, 0.25) is 0 Å². The lowest BCUT2D eigenvalue weighted by Crippen LogP contribution is -2.39. The number of halogens is 1. The van der Waals surface area contributed by atoms with Crippen LogP contribution in [0, 0.1) is 11.7 Å². The van der Waals surface area contributed by atoms with Gasteiger partial charge in [0.25, 0.3) is 5.91 Å². The highest BCUT2D eigenvalue weighted by Gasteiger charge is 2.30. The number of hydrogen-bond donors (Lipinski definition) is 0. The van der Waals surface area contributed by atoms with E-state index in [1.165, 1.54) is 33.5 Å². The summed E-state index contributed by atoms with van der Waals surface area (Å²) in [6.07, 6.45) is 3.80. The van der Waals surface area contributed by atoms with Gasteiger partial charge in [-0.2, -0.15) is 0 Å². The Hall–Kier alpha value is -5.20. The highest BCUT2D eigenvalue weighted by molar-refractivity contribution is 5.98. The van der Waals surface area contributed by atoms with Crippen molar-refractivity contribution in [3.63, 3.8) is 0 Å². The van der Waals surface area contributed by atoms with E-state index in [1.54, 1.807) is 42.5 Å². The van der Waals surface area contributed by atoms with Gasteiger partial charge in [-0.25, -0.2) is 9.37 Å². The van der Waals surface area contributed by atoms with Gasteiger partial charge in [-0.3, -0.25) is 9.59 Å². The van der Waals surface area contributed by atoms with E-state index in [0.29, 0.717) is 54.9 Å². The van der Waals surface area contributed by atoms with E-state index in [1.807, 2.05) is 41.0 Å². The van der Waals surface area contributed by atoms with Crippen molar-refractivity contribution in [1.29, 1.82) is 0 Å². The van der Waals surface area contributed by atoms with Crippen LogP contribution >= 0.6 is 0 Å². The summed E-state index contributed by atoms with van der Waals surface area (Å²) in [7, 11) is 6.30. The normalized spacial score (nSPS) is 14.3. The largest absolute Gasteiger partial charge is 0.493 e. The van der Waals surface area contributed by atoms with Gasteiger partial charge in [0.1, 0.15) is 18.2 Å². The van der Waals surface area contributed by atoms with Crippen molar-refractivity contribution in [3.8, 4) is 17.2 Å². The van der Waals surface area contributed by atoms with Gasteiger partial charge < -0.3 is 37.7 Å². The summed E-state index contributed by atoms with van der Waals surface area (Å²) >= 11 is 0. The quantitative estimate of drug-likeness (QED) is 0.0751. The SMILES string of the molecule is COc1cc(C(=O)N(C)CC(CCN2CCC(C(=O)c3nc4ccccc4n3CCOCc3ccco3)CC2)c2ccc(F)cc2)cc(OC)c1OC. The monoisotopic (exact) mass is 726 g/mol. The number of amides is 1. The third-order valence-electron chi connectivity index (χ3n) is 10.0. The molecule has 1 amide bonds. The van der Waals surface area contributed by atoms with Crippen molar-refractivity contribution in [2.45, 2.75) is 38.3 Å². The molecule has 1 aliphatic rings. The molecule has 12 heteroatoms. The average Bonchev–Trinajstić information content (AvgIpc) is 3.85. The van der Waals surface area contributed by atoms with Crippen LogP contribution in [0.1, 0.15) is 57.5 Å². The molecule has 0 radical (unpaired) electrons. The van der Waals surface area contributed by atoms with Crippen LogP contribution in [0.25, 0.3) is 11.0 Å². The second kappa shape index (κ2) is 17.5. The number of furan rings is 1. The molecule has 1 fully saturated rings. The number of para-hydroxylation sites is 2. The number of ketones is 1. The first-order valence-corrected chi connectivity index (χ1v) is 17.9. The lowest BCUT2D eigenvalue weighted by Gasteiger charge is -2.33. The van der Waals surface area contributed by atoms with E-state index in [2.05, 4.69) is 4.90 Å². The lowest BCUT2D eigenvalue weighted by molar-refractivity contribution is 0.0778. The highest BCUT2D eigenvalue weighted by atomic mass is 19.1. The Labute approximate surface area is 309 Å². The van der Waals surface area contributed by atoms with Crippen molar-refractivity contribution in [2.75, 3.05) is 61.2 Å². The number of benzene rings is 3. The third-order valence-corrected chi connectivity index (χ3v) is 10.0. The Morgan fingerprint density at radius 1 is 0.943 bits per heavy atom. The van der Waals surface area contributed by atoms with Crippen molar-refractivity contribution >= 4 is 22.7 Å². The number of likely N-dealkylation sites (N-methyl/N-ethyl adjacent to an activating group) is 1. The van der Waals surface area contributed by atoms with E-state index in [4.69, 9.17) is 28.3 Å². The van der Waals surface area contributed by atoms with Crippen LogP contribution < -0.4 is 14.2 Å². The maximum absolute atomic E-state index is 14.0. The smallest absolute Gasteiger partial charge is 0.253 e. The van der Waals surface area contributed by atoms with E-state index in [-0.39, 0.29) is 29.3 Å². The fourth-order valence-electron chi connectivity index (χ4n) is 7.09. The summed E-state index contributed by atoms with van der Waals surface area (Å²) in [4.78, 5) is 36.5. The number of Topliss-reactive ketones (excluding diaryl/α,β-unsaturated/α-hetero) is 1. The number of likely N-dealkylation sites (tertiary alicyclic amines) is 1. The fourth-order valence-corrected chi connectivity index (χ4v) is 7.09. The molecule has 0 aliphatic carbocycles. The predicted molar refractivity (Wildman–Crippen MR) is 198 cm³/mol. The first-order valence-electron chi connectivity index (χ1n) is 17.9. The molecule has 2 aromatic heterocycles. The van der Waals surface area contributed by atoms with E-state index in [0.717, 1.165) is 61.3 Å². The summed E-state index contributed by atoms with van der Waals surface area (Å²) in [6, 6.07) is 21.3. The number of piperidine rings is 1. The standard InChI is InChI=1S/C41H47FN4O7/c1-44(41(48)31-24-36(49-2)39(51-4)37(25-31)50-3)26-30(28-11-13-32(42)14-12-28)17-20-45-18-15-29(16-19-45)38(47)40-43-34-9-5-6-10-35(34)46(40)21-23-52-27-33-8-7-22-53-33/h5-14,22,24-25,29-30H,15-21,23,26-27H2,1-4H3. The van der Waals surface area contributed by atoms with Crippen LogP contribution in [0.3, 0.4) is 0 Å². The van der Waals surface area contributed by atoms with E-state index < -0.39 is 0 Å². The van der Waals surface area contributed by atoms with E-state index in [9.17, 15) is 14.0 Å². The molecule has 3 heterocycles. The molecule has 3 aromatic carbocycles. The van der Waals surface area contributed by atoms with Gasteiger partial charge in [0.2, 0.25) is 11.5 Å². The highest BCUT2D eigenvalue weighted by Crippen LogP contribution is 2.38. The Morgan fingerprint density at radius 2 is 1.66 bits per heavy atom. The van der Waals surface area contributed by atoms with Crippen molar-refractivity contribution in [1.82, 2.24) is 19.4 Å². The topological polar surface area (TPSA) is 109 Å². The van der Waals surface area contributed by atoms with E-state index >= 15 is 0 Å². The minimum atomic E-state index is -0.309. The van der Waals surface area contributed by atoms with Gasteiger partial charge in [0.15, 0.2) is 17.3 Å². The first kappa shape index (κ1) is 37.6. The Morgan fingerprint density at radius 3 is 2.32 bits per heavy atom. The molecule has 0 spiro atoms. The molecule has 5 aromatic rings. The van der Waals surface area contributed by atoms with Gasteiger partial charge >= 0.3 is 0 Å². The zero-order valence-corrected chi connectivity index (χ0v) is 30.8. The molecular weight excluding hydrogens is 679 g/mol. The first-order chi connectivity index (χ1) is 25.8. The second-order valence-corrected chi connectivity index (χ2v) is 13.3. The number of nitrogens with zero attached hydrogens (tertiary/aromatic N) is 4. The Balaban J connectivity index is 1.08. The van der Waals surface area contributed by atoms with Gasteiger partial charge in [-0.1, -0.05) is 24.3 Å². The molecule has 0 N–H and O–H groups in total. The fraction of sp³-hybridized carbons (Fsp3) is 0.390. The molecule has 6 rings (SSSR count). The zero-order valence-electron chi connectivity index (χ0n) is 30.8. The van der Waals surface area contributed by atoms with Crippen LogP contribution in [0.5, 0.6) is 17.2 Å². The van der Waals surface area contributed by atoms with Gasteiger partial charge in [0.05, 0.1) is 45.2 Å². The molecule has 1 unspecified atom stereocenters. The molecule has 53 heavy (non-hydrogen) atoms. The second-order valence-electron chi connectivity index (χ2n) is 13.3. The number of carbonyl (C=O) groups is 2. The van der Waals surface area contributed by atoms with Crippen LogP contribution in [-0.2, 0) is 17.9 Å².